The number of benzene rings is 2. The molecule has 0 aliphatic rings. The quantitative estimate of drug-likeness (QED) is 0.728. The Hall–Kier alpha value is -1.38. The maximum atomic E-state index is 9.10. The monoisotopic (exact) mass is 316 g/mol. The molecular weight excluding hydrogens is 295 g/mol. The van der Waals surface area contributed by atoms with Gasteiger partial charge in [0.15, 0.2) is 0 Å². The molecule has 20 heavy (non-hydrogen) atoms. The molecule has 0 aliphatic carbocycles. The molecule has 0 fully saturated rings. The van der Waals surface area contributed by atoms with E-state index in [1.807, 2.05) is 52.0 Å². The van der Waals surface area contributed by atoms with E-state index < -0.39 is 0 Å². The van der Waals surface area contributed by atoms with Gasteiger partial charge in [0.05, 0.1) is 0 Å². The molecule has 0 heterocycles. The standard InChI is InChI=1S/2C8H10O.2ClH/c2*1-6-3-4-7(2)8(9)5-6;;/h2*3-5,9H,1-2H3;2*1H. The van der Waals surface area contributed by atoms with E-state index in [4.69, 9.17) is 10.2 Å². The van der Waals surface area contributed by atoms with Crippen LogP contribution in [0.25, 0.3) is 0 Å². The summed E-state index contributed by atoms with van der Waals surface area (Å²) in [5.74, 6) is 0.769. The first-order valence-corrected chi connectivity index (χ1v) is 5.92. The van der Waals surface area contributed by atoms with Crippen LogP contribution < -0.4 is 0 Å². The van der Waals surface area contributed by atoms with Gasteiger partial charge in [0.2, 0.25) is 0 Å². The molecule has 2 nitrogen and oxygen atoms in total. The minimum atomic E-state index is 0. The number of phenols is 2. The number of aryl methyl sites for hydroxylation is 4. The summed E-state index contributed by atoms with van der Waals surface area (Å²) < 4.78 is 0. The summed E-state index contributed by atoms with van der Waals surface area (Å²) in [6.07, 6.45) is 0. The van der Waals surface area contributed by atoms with Gasteiger partial charge in [-0.2, -0.15) is 0 Å². The topological polar surface area (TPSA) is 40.5 Å². The molecule has 0 bridgehead atoms. The van der Waals surface area contributed by atoms with Crippen molar-refractivity contribution in [2.24, 2.45) is 0 Å². The lowest BCUT2D eigenvalue weighted by Gasteiger charge is -1.97. The lowest BCUT2D eigenvalue weighted by atomic mass is 10.1. The van der Waals surface area contributed by atoms with E-state index >= 15 is 0 Å². The van der Waals surface area contributed by atoms with E-state index in [1.165, 1.54) is 0 Å². The zero-order chi connectivity index (χ0) is 13.7. The number of rotatable bonds is 0. The van der Waals surface area contributed by atoms with Crippen LogP contribution in [-0.2, 0) is 0 Å². The minimum absolute atomic E-state index is 0. The van der Waals surface area contributed by atoms with Crippen LogP contribution in [0.15, 0.2) is 36.4 Å². The second-order valence-electron chi connectivity index (χ2n) is 4.58. The Bertz CT molecular complexity index is 490. The summed E-state index contributed by atoms with van der Waals surface area (Å²) >= 11 is 0. The largest absolute Gasteiger partial charge is 0.508 e. The highest BCUT2D eigenvalue weighted by molar-refractivity contribution is 5.85. The van der Waals surface area contributed by atoms with Crippen LogP contribution in [0.5, 0.6) is 11.5 Å². The van der Waals surface area contributed by atoms with Gasteiger partial charge in [0.1, 0.15) is 11.5 Å². The average molecular weight is 317 g/mol. The highest BCUT2D eigenvalue weighted by atomic mass is 35.5. The number of hydrogen-bond acceptors (Lipinski definition) is 2. The normalized spacial score (nSPS) is 8.60. The van der Waals surface area contributed by atoms with Gasteiger partial charge in [-0.1, -0.05) is 24.3 Å². The van der Waals surface area contributed by atoms with Gasteiger partial charge in [-0.05, 0) is 62.1 Å². The minimum Gasteiger partial charge on any atom is -0.508 e. The first-order chi connectivity index (χ1) is 8.40. The number of halogens is 2. The summed E-state index contributed by atoms with van der Waals surface area (Å²) in [4.78, 5) is 0. The van der Waals surface area contributed by atoms with E-state index in [0.717, 1.165) is 22.3 Å². The Morgan fingerprint density at radius 1 is 0.600 bits per heavy atom. The molecule has 0 saturated heterocycles. The van der Waals surface area contributed by atoms with Crippen molar-refractivity contribution in [3.8, 4) is 11.5 Å². The van der Waals surface area contributed by atoms with E-state index in [9.17, 15) is 0 Å². The molecular formula is C16H22Cl2O2. The summed E-state index contributed by atoms with van der Waals surface area (Å²) in [5, 5.41) is 18.2. The highest BCUT2D eigenvalue weighted by Crippen LogP contribution is 2.16. The van der Waals surface area contributed by atoms with E-state index in [0.29, 0.717) is 11.5 Å². The van der Waals surface area contributed by atoms with Crippen molar-refractivity contribution >= 4 is 24.8 Å². The predicted octanol–water partition coefficient (Wildman–Crippen LogP) is 4.86. The van der Waals surface area contributed by atoms with E-state index in [2.05, 4.69) is 0 Å². The molecule has 2 N–H and O–H groups in total. The number of phenolic OH excluding ortho intramolecular Hbond substituents is 2. The Labute approximate surface area is 133 Å². The molecule has 2 rings (SSSR count). The van der Waals surface area contributed by atoms with Crippen LogP contribution in [0.3, 0.4) is 0 Å². The van der Waals surface area contributed by atoms with Crippen molar-refractivity contribution in [2.75, 3.05) is 0 Å². The third kappa shape index (κ3) is 6.69. The summed E-state index contributed by atoms with van der Waals surface area (Å²) in [6, 6.07) is 11.3. The average Bonchev–Trinajstić information content (AvgIpc) is 2.30. The first-order valence-electron chi connectivity index (χ1n) is 5.92. The van der Waals surface area contributed by atoms with Gasteiger partial charge in [-0.25, -0.2) is 0 Å². The zero-order valence-electron chi connectivity index (χ0n) is 12.2. The second kappa shape index (κ2) is 9.51. The molecule has 2 aromatic rings. The smallest absolute Gasteiger partial charge is 0.118 e. The zero-order valence-corrected chi connectivity index (χ0v) is 13.8. The van der Waals surface area contributed by atoms with Crippen LogP contribution >= 0.6 is 24.8 Å². The van der Waals surface area contributed by atoms with Gasteiger partial charge in [-0.15, -0.1) is 24.8 Å². The number of aromatic hydroxyl groups is 2. The number of hydrogen-bond donors (Lipinski definition) is 2. The molecule has 0 aliphatic heterocycles. The predicted molar refractivity (Wildman–Crippen MR) is 89.7 cm³/mol. The van der Waals surface area contributed by atoms with Gasteiger partial charge in [-0.3, -0.25) is 0 Å². The van der Waals surface area contributed by atoms with Crippen molar-refractivity contribution in [2.45, 2.75) is 27.7 Å². The maximum Gasteiger partial charge on any atom is 0.118 e. The van der Waals surface area contributed by atoms with Gasteiger partial charge in [0.25, 0.3) is 0 Å². The first kappa shape index (κ1) is 20.9. The fourth-order valence-electron chi connectivity index (χ4n) is 1.44. The molecule has 0 amide bonds. The Balaban J connectivity index is 0. The van der Waals surface area contributed by atoms with Crippen LogP contribution in [0.4, 0.5) is 0 Å². The molecule has 0 unspecified atom stereocenters. The molecule has 112 valence electrons. The molecule has 4 heteroatoms. The Morgan fingerprint density at radius 2 is 0.900 bits per heavy atom. The fraction of sp³-hybridized carbons (Fsp3) is 0.250. The van der Waals surface area contributed by atoms with Crippen molar-refractivity contribution < 1.29 is 10.2 Å². The van der Waals surface area contributed by atoms with Crippen LogP contribution in [0.2, 0.25) is 0 Å². The lowest BCUT2D eigenvalue weighted by molar-refractivity contribution is 0.470. The molecule has 0 spiro atoms. The highest BCUT2D eigenvalue weighted by Gasteiger charge is 1.92. The molecule has 0 aromatic heterocycles. The Morgan fingerprint density at radius 3 is 1.10 bits per heavy atom. The van der Waals surface area contributed by atoms with Crippen LogP contribution in [-0.4, -0.2) is 10.2 Å². The molecule has 0 radical (unpaired) electrons. The molecule has 2 aromatic carbocycles. The second-order valence-corrected chi connectivity index (χ2v) is 4.58. The van der Waals surface area contributed by atoms with Crippen molar-refractivity contribution in [1.29, 1.82) is 0 Å². The summed E-state index contributed by atoms with van der Waals surface area (Å²) in [6.45, 7) is 7.68. The van der Waals surface area contributed by atoms with Crippen molar-refractivity contribution in [3.05, 3.63) is 58.7 Å². The maximum absolute atomic E-state index is 9.10. The molecule has 0 atom stereocenters. The Kier molecular flexibility index (Phi) is 9.95. The van der Waals surface area contributed by atoms with Gasteiger partial charge < -0.3 is 10.2 Å². The van der Waals surface area contributed by atoms with Crippen molar-refractivity contribution in [1.82, 2.24) is 0 Å². The van der Waals surface area contributed by atoms with Crippen molar-refractivity contribution in [3.63, 3.8) is 0 Å². The van der Waals surface area contributed by atoms with Gasteiger partial charge >= 0.3 is 0 Å². The van der Waals surface area contributed by atoms with Crippen LogP contribution in [0.1, 0.15) is 22.3 Å². The third-order valence-electron chi connectivity index (χ3n) is 2.73. The molecule has 0 saturated carbocycles. The van der Waals surface area contributed by atoms with E-state index in [1.54, 1.807) is 12.1 Å². The third-order valence-corrected chi connectivity index (χ3v) is 2.73. The van der Waals surface area contributed by atoms with E-state index in [-0.39, 0.29) is 24.8 Å². The summed E-state index contributed by atoms with van der Waals surface area (Å²) in [5.41, 5.74) is 4.05. The SMILES string of the molecule is Cc1ccc(C)c(O)c1.Cc1ccc(C)c(O)c1.Cl.Cl. The van der Waals surface area contributed by atoms with Crippen LogP contribution in [0, 0.1) is 27.7 Å². The van der Waals surface area contributed by atoms with Gasteiger partial charge in [0, 0.05) is 0 Å². The lowest BCUT2D eigenvalue weighted by Crippen LogP contribution is -1.74. The summed E-state index contributed by atoms with van der Waals surface area (Å²) in [7, 11) is 0. The fourth-order valence-corrected chi connectivity index (χ4v) is 1.44.